The molecule has 0 saturated heterocycles. The van der Waals surface area contributed by atoms with Crippen molar-refractivity contribution in [3.05, 3.63) is 33.6 Å². The summed E-state index contributed by atoms with van der Waals surface area (Å²) in [6.45, 7) is 0. The third-order valence-corrected chi connectivity index (χ3v) is 3.22. The Kier molecular flexibility index (Phi) is 5.92. The van der Waals surface area contributed by atoms with E-state index in [9.17, 15) is 4.39 Å². The van der Waals surface area contributed by atoms with E-state index in [0.717, 1.165) is 28.9 Å². The smallest absolute Gasteiger partial charge is 1.00 e. The molecule has 1 aromatic rings. The van der Waals surface area contributed by atoms with Gasteiger partial charge < -0.3 is 17.0 Å². The van der Waals surface area contributed by atoms with E-state index in [0.29, 0.717) is 0 Å². The summed E-state index contributed by atoms with van der Waals surface area (Å²) < 4.78 is 12.9. The van der Waals surface area contributed by atoms with E-state index in [1.807, 2.05) is 0 Å². The summed E-state index contributed by atoms with van der Waals surface area (Å²) >= 11 is 12.2. The Morgan fingerprint density at radius 1 is 1.33 bits per heavy atom. The van der Waals surface area contributed by atoms with Crippen LogP contribution in [-0.2, 0) is 23.3 Å². The molecule has 12 heavy (non-hydrogen) atoms. The second kappa shape index (κ2) is 5.54. The molecule has 0 aliphatic carbocycles. The number of hydrogen-bond donors (Lipinski definition) is 0. The molecule has 0 fully saturated rings. The quantitative estimate of drug-likeness (QED) is 0.511. The maximum atomic E-state index is 12.9. The van der Waals surface area contributed by atoms with Crippen LogP contribution in [0, 0.1) is 5.82 Å². The van der Waals surface area contributed by atoms with Gasteiger partial charge in [0.05, 0.1) is 0 Å². The summed E-state index contributed by atoms with van der Waals surface area (Å²) in [6.07, 6.45) is 0. The fourth-order valence-electron chi connectivity index (χ4n) is 0.759. The van der Waals surface area contributed by atoms with Crippen molar-refractivity contribution in [3.8, 4) is 0 Å². The van der Waals surface area contributed by atoms with Crippen LogP contribution in [0.5, 0.6) is 0 Å². The van der Waals surface area contributed by atoms with Gasteiger partial charge in [0.15, 0.2) is 0 Å². The Morgan fingerprint density at radius 2 is 1.92 bits per heavy atom. The maximum Gasteiger partial charge on any atom is -1.00 e. The van der Waals surface area contributed by atoms with Crippen molar-refractivity contribution in [3.63, 3.8) is 0 Å². The minimum Gasteiger partial charge on any atom is -1.00 e. The van der Waals surface area contributed by atoms with E-state index < -0.39 is 5.82 Å². The van der Waals surface area contributed by atoms with Crippen molar-refractivity contribution < 1.29 is 39.7 Å². The Balaban J connectivity index is 0.00000121. The molecule has 5 heteroatoms. The van der Waals surface area contributed by atoms with E-state index in [4.69, 9.17) is 23.2 Å². The van der Waals surface area contributed by atoms with Crippen molar-refractivity contribution in [2.75, 3.05) is 0 Å². The molecule has 0 saturated carbocycles. The molecule has 0 atom stereocenters. The first-order valence-corrected chi connectivity index (χ1v) is 5.94. The molecule has 1 aromatic carbocycles. The summed E-state index contributed by atoms with van der Waals surface area (Å²) in [6, 6.07) is 3.30. The zero-order valence-electron chi connectivity index (χ0n) is 6.08. The summed E-state index contributed by atoms with van der Waals surface area (Å²) in [5.74, 6) is -0.501. The number of benzene rings is 1. The topological polar surface area (TPSA) is 0 Å². The monoisotopic (exact) mass is 320 g/mol. The summed E-state index contributed by atoms with van der Waals surface area (Å²) in [4.78, 5) is 0. The van der Waals surface area contributed by atoms with Gasteiger partial charge in [0.25, 0.3) is 0 Å². The third kappa shape index (κ3) is 2.66. The minimum atomic E-state index is -0.501. The normalized spacial score (nSPS) is 9.42. The van der Waals surface area contributed by atoms with E-state index in [2.05, 4.69) is 0 Å². The maximum absolute atomic E-state index is 12.9. The number of hydrogen-bond acceptors (Lipinski definition) is 0. The average Bonchev–Trinajstić information content (AvgIpc) is 2.01. The van der Waals surface area contributed by atoms with Gasteiger partial charge in [-0.25, -0.2) is 0 Å². The van der Waals surface area contributed by atoms with Crippen LogP contribution in [0.15, 0.2) is 12.1 Å². The molecule has 0 N–H and O–H groups in total. The molecule has 0 heterocycles. The Labute approximate surface area is 101 Å². The fourth-order valence-corrected chi connectivity index (χ4v) is 2.43. The van der Waals surface area contributed by atoms with Gasteiger partial charge in [0, 0.05) is 0 Å². The molecular formula is C7H4BrCl2FZn. The predicted octanol–water partition coefficient (Wildman–Crippen LogP) is 0.183. The molecule has 0 amide bonds. The van der Waals surface area contributed by atoms with Gasteiger partial charge in [-0.3, -0.25) is 0 Å². The van der Waals surface area contributed by atoms with Crippen LogP contribution in [0.3, 0.4) is 0 Å². The Hall–Kier alpha value is 0.833. The second-order valence-corrected chi connectivity index (χ2v) is 3.92. The summed E-state index contributed by atoms with van der Waals surface area (Å²) in [5.41, 5.74) is 0.841. The minimum absolute atomic E-state index is 0. The molecule has 0 bridgehead atoms. The van der Waals surface area contributed by atoms with Crippen LogP contribution in [0.25, 0.3) is 0 Å². The van der Waals surface area contributed by atoms with Gasteiger partial charge in [-0.1, -0.05) is 0 Å². The zero-order valence-corrected chi connectivity index (χ0v) is 12.1. The third-order valence-electron chi connectivity index (χ3n) is 1.38. The van der Waals surface area contributed by atoms with Gasteiger partial charge >= 0.3 is 84.5 Å². The van der Waals surface area contributed by atoms with Crippen molar-refractivity contribution in [1.82, 2.24) is 0 Å². The van der Waals surface area contributed by atoms with Crippen molar-refractivity contribution in [1.29, 1.82) is 0 Å². The molecule has 0 aliphatic rings. The summed E-state index contributed by atoms with van der Waals surface area (Å²) in [5, 5.41) is 1.10. The molecule has 0 spiro atoms. The molecular weight excluding hydrogens is 319 g/mol. The standard InChI is InChI=1S/C7H4Cl2F.BrH.Zn/c1-4-2-3-5(8)7(10)6(4)9;;/h2-3H,1H2;1H;/q;;+1/p-1. The van der Waals surface area contributed by atoms with Gasteiger partial charge in [0.2, 0.25) is 0 Å². The summed E-state index contributed by atoms with van der Waals surface area (Å²) in [7, 11) is 0. The SMILES string of the molecule is Fc1c(Cl)ccc([CH2][Zn+])c1Cl.[Br-]. The predicted molar refractivity (Wildman–Crippen MR) is 40.1 cm³/mol. The van der Waals surface area contributed by atoms with E-state index >= 15 is 0 Å². The molecule has 0 radical (unpaired) electrons. The van der Waals surface area contributed by atoms with Crippen molar-refractivity contribution in [2.45, 2.75) is 5.02 Å². The van der Waals surface area contributed by atoms with E-state index in [1.54, 1.807) is 6.07 Å². The molecule has 0 nitrogen and oxygen atoms in total. The number of halogens is 4. The van der Waals surface area contributed by atoms with E-state index in [-0.39, 0.29) is 27.0 Å². The van der Waals surface area contributed by atoms with Crippen LogP contribution in [0.4, 0.5) is 4.39 Å². The fraction of sp³-hybridized carbons (Fsp3) is 0.143. The van der Waals surface area contributed by atoms with Gasteiger partial charge in [-0.15, -0.1) is 0 Å². The first kappa shape index (κ1) is 12.8. The van der Waals surface area contributed by atoms with Gasteiger partial charge in [-0.05, 0) is 0 Å². The Morgan fingerprint density at radius 3 is 2.42 bits per heavy atom. The molecule has 0 aromatic heterocycles. The largest absolute Gasteiger partial charge is 1.00 e. The number of rotatable bonds is 1. The molecule has 62 valence electrons. The van der Waals surface area contributed by atoms with Crippen LogP contribution in [0.1, 0.15) is 5.56 Å². The van der Waals surface area contributed by atoms with Crippen LogP contribution >= 0.6 is 23.2 Å². The van der Waals surface area contributed by atoms with Crippen LogP contribution in [-0.4, -0.2) is 0 Å². The van der Waals surface area contributed by atoms with Gasteiger partial charge in [0.1, 0.15) is 0 Å². The molecule has 1 rings (SSSR count). The van der Waals surface area contributed by atoms with Crippen molar-refractivity contribution >= 4 is 23.2 Å². The Bertz CT molecular complexity index is 280. The van der Waals surface area contributed by atoms with Crippen LogP contribution in [0.2, 0.25) is 10.0 Å². The molecule has 0 aliphatic heterocycles. The van der Waals surface area contributed by atoms with Crippen molar-refractivity contribution in [2.24, 2.45) is 0 Å². The van der Waals surface area contributed by atoms with Gasteiger partial charge in [-0.2, -0.15) is 0 Å². The van der Waals surface area contributed by atoms with Crippen LogP contribution < -0.4 is 17.0 Å². The zero-order chi connectivity index (χ0) is 8.43. The first-order chi connectivity index (χ1) is 5.16. The average molecular weight is 323 g/mol. The second-order valence-electron chi connectivity index (χ2n) is 2.08. The first-order valence-electron chi connectivity index (χ1n) is 3.08. The molecule has 0 unspecified atom stereocenters. The van der Waals surface area contributed by atoms with E-state index in [1.165, 1.54) is 6.07 Å².